The van der Waals surface area contributed by atoms with Crippen LogP contribution in [0.1, 0.15) is 25.1 Å². The molecule has 0 saturated carbocycles. The third-order valence-electron chi connectivity index (χ3n) is 3.74. The van der Waals surface area contributed by atoms with Crippen molar-refractivity contribution in [2.75, 3.05) is 33.3 Å². The number of nitrogens with zero attached hydrogens (tertiary/aromatic N) is 3. The number of likely N-dealkylation sites (N-methyl/N-ethyl adjacent to an activating group) is 1. The first kappa shape index (κ1) is 16.7. The van der Waals surface area contributed by atoms with E-state index >= 15 is 0 Å². The van der Waals surface area contributed by atoms with Gasteiger partial charge >= 0.3 is 0 Å². The van der Waals surface area contributed by atoms with Crippen molar-refractivity contribution >= 4 is 11.6 Å². The summed E-state index contributed by atoms with van der Waals surface area (Å²) >= 11 is 6.44. The molecule has 1 aromatic rings. The Balaban J connectivity index is 1.86. The number of morpholine rings is 1. The largest absolute Gasteiger partial charge is 0.374 e. The van der Waals surface area contributed by atoms with Gasteiger partial charge in [0.15, 0.2) is 0 Å². The average Bonchev–Trinajstić information content (AvgIpc) is 2.65. The number of halogens is 1. The number of hydrogen-bond acceptors (Lipinski definition) is 4. The SMILES string of the molecule is Cc1nn(CC(C)C)c(Cl)c1CNC[C@@H]1CN(C)CCO1. The summed E-state index contributed by atoms with van der Waals surface area (Å²) in [5.74, 6) is 0.536. The zero-order chi connectivity index (χ0) is 15.4. The van der Waals surface area contributed by atoms with E-state index in [0.717, 1.165) is 55.7 Å². The van der Waals surface area contributed by atoms with Crippen LogP contribution in [0.4, 0.5) is 0 Å². The normalized spacial score (nSPS) is 20.4. The fourth-order valence-corrected chi connectivity index (χ4v) is 2.92. The molecular weight excluding hydrogens is 288 g/mol. The van der Waals surface area contributed by atoms with Crippen LogP contribution in [-0.4, -0.2) is 54.1 Å². The second-order valence-corrected chi connectivity index (χ2v) is 6.67. The van der Waals surface area contributed by atoms with Gasteiger partial charge in [0.2, 0.25) is 0 Å². The maximum Gasteiger partial charge on any atom is 0.131 e. The fraction of sp³-hybridized carbons (Fsp3) is 0.800. The number of aromatic nitrogens is 2. The van der Waals surface area contributed by atoms with E-state index in [1.165, 1.54) is 0 Å². The minimum absolute atomic E-state index is 0.258. The molecule has 2 heterocycles. The molecule has 1 aliphatic rings. The van der Waals surface area contributed by atoms with Crippen LogP contribution in [0.15, 0.2) is 0 Å². The first-order valence-electron chi connectivity index (χ1n) is 7.70. The van der Waals surface area contributed by atoms with Crippen LogP contribution in [0, 0.1) is 12.8 Å². The molecule has 6 heteroatoms. The number of aryl methyl sites for hydroxylation is 1. The van der Waals surface area contributed by atoms with Gasteiger partial charge in [-0.3, -0.25) is 4.68 Å². The molecule has 1 atom stereocenters. The van der Waals surface area contributed by atoms with Gasteiger partial charge < -0.3 is 15.0 Å². The lowest BCUT2D eigenvalue weighted by Crippen LogP contribution is -2.44. The Morgan fingerprint density at radius 3 is 2.90 bits per heavy atom. The van der Waals surface area contributed by atoms with Gasteiger partial charge in [-0.15, -0.1) is 0 Å². The summed E-state index contributed by atoms with van der Waals surface area (Å²) in [7, 11) is 2.13. The lowest BCUT2D eigenvalue weighted by molar-refractivity contribution is -0.0182. The highest BCUT2D eigenvalue weighted by atomic mass is 35.5. The van der Waals surface area contributed by atoms with E-state index in [1.807, 2.05) is 11.6 Å². The third-order valence-corrected chi connectivity index (χ3v) is 4.16. The maximum absolute atomic E-state index is 6.44. The highest BCUT2D eigenvalue weighted by molar-refractivity contribution is 6.30. The van der Waals surface area contributed by atoms with Crippen molar-refractivity contribution in [3.8, 4) is 0 Å². The molecule has 1 fully saturated rings. The molecule has 5 nitrogen and oxygen atoms in total. The molecule has 0 unspecified atom stereocenters. The Hall–Kier alpha value is -0.620. The Labute approximate surface area is 132 Å². The van der Waals surface area contributed by atoms with Gasteiger partial charge in [-0.05, 0) is 19.9 Å². The van der Waals surface area contributed by atoms with Crippen molar-refractivity contribution in [3.05, 3.63) is 16.4 Å². The number of rotatable bonds is 6. The van der Waals surface area contributed by atoms with Crippen molar-refractivity contribution in [1.82, 2.24) is 20.0 Å². The molecule has 0 aliphatic carbocycles. The molecule has 1 N–H and O–H groups in total. The van der Waals surface area contributed by atoms with Gasteiger partial charge in [0.1, 0.15) is 5.15 Å². The molecule has 0 amide bonds. The standard InChI is InChI=1S/C15H27ClN4O/c1-11(2)9-20-15(16)14(12(3)18-20)8-17-7-13-10-19(4)5-6-21-13/h11,13,17H,5-10H2,1-4H3/t13-/m1/s1. The van der Waals surface area contributed by atoms with Gasteiger partial charge in [0.25, 0.3) is 0 Å². The highest BCUT2D eigenvalue weighted by Gasteiger charge is 2.18. The molecule has 0 bridgehead atoms. The van der Waals surface area contributed by atoms with Crippen molar-refractivity contribution in [3.63, 3.8) is 0 Å². The van der Waals surface area contributed by atoms with Gasteiger partial charge in [-0.2, -0.15) is 5.10 Å². The van der Waals surface area contributed by atoms with E-state index in [2.05, 4.69) is 36.2 Å². The number of nitrogens with one attached hydrogen (secondary N) is 1. The summed E-state index contributed by atoms with van der Waals surface area (Å²) in [6.07, 6.45) is 0.258. The lowest BCUT2D eigenvalue weighted by Gasteiger charge is -2.30. The average molecular weight is 315 g/mol. The first-order valence-corrected chi connectivity index (χ1v) is 8.07. The minimum Gasteiger partial charge on any atom is -0.374 e. The summed E-state index contributed by atoms with van der Waals surface area (Å²) in [5, 5.41) is 8.74. The maximum atomic E-state index is 6.44. The van der Waals surface area contributed by atoms with Crippen molar-refractivity contribution in [2.24, 2.45) is 5.92 Å². The number of hydrogen-bond donors (Lipinski definition) is 1. The molecule has 0 aromatic carbocycles. The van der Waals surface area contributed by atoms with E-state index in [0.29, 0.717) is 5.92 Å². The molecule has 0 spiro atoms. The molecule has 2 rings (SSSR count). The van der Waals surface area contributed by atoms with Gasteiger partial charge in [-0.25, -0.2) is 0 Å². The van der Waals surface area contributed by atoms with Gasteiger partial charge in [0, 0.05) is 38.3 Å². The van der Waals surface area contributed by atoms with Crippen molar-refractivity contribution < 1.29 is 4.74 Å². The van der Waals surface area contributed by atoms with Crippen LogP contribution in [0.3, 0.4) is 0 Å². The highest BCUT2D eigenvalue weighted by Crippen LogP contribution is 2.20. The summed E-state index contributed by atoms with van der Waals surface area (Å²) in [6.45, 7) is 11.6. The first-order chi connectivity index (χ1) is 9.97. The van der Waals surface area contributed by atoms with Crippen LogP contribution in [-0.2, 0) is 17.8 Å². The minimum atomic E-state index is 0.258. The molecule has 1 aliphatic heterocycles. The van der Waals surface area contributed by atoms with Crippen LogP contribution in [0.5, 0.6) is 0 Å². The molecular formula is C15H27ClN4O. The monoisotopic (exact) mass is 314 g/mol. The lowest BCUT2D eigenvalue weighted by atomic mass is 10.2. The smallest absolute Gasteiger partial charge is 0.131 e. The Morgan fingerprint density at radius 1 is 1.48 bits per heavy atom. The summed E-state index contributed by atoms with van der Waals surface area (Å²) in [6, 6.07) is 0. The van der Waals surface area contributed by atoms with E-state index in [9.17, 15) is 0 Å². The van der Waals surface area contributed by atoms with E-state index in [4.69, 9.17) is 16.3 Å². The van der Waals surface area contributed by atoms with E-state index in [-0.39, 0.29) is 6.10 Å². The summed E-state index contributed by atoms with van der Waals surface area (Å²) in [5.41, 5.74) is 2.11. The molecule has 120 valence electrons. The second-order valence-electron chi connectivity index (χ2n) is 6.32. The van der Waals surface area contributed by atoms with Crippen LogP contribution >= 0.6 is 11.6 Å². The van der Waals surface area contributed by atoms with Crippen molar-refractivity contribution in [1.29, 1.82) is 0 Å². The predicted molar refractivity (Wildman–Crippen MR) is 85.8 cm³/mol. The van der Waals surface area contributed by atoms with E-state index in [1.54, 1.807) is 0 Å². The predicted octanol–water partition coefficient (Wildman–Crippen LogP) is 1.92. The molecule has 1 saturated heterocycles. The van der Waals surface area contributed by atoms with E-state index < -0.39 is 0 Å². The topological polar surface area (TPSA) is 42.3 Å². The zero-order valence-electron chi connectivity index (χ0n) is 13.5. The number of ether oxygens (including phenoxy) is 1. The van der Waals surface area contributed by atoms with Gasteiger partial charge in [-0.1, -0.05) is 25.4 Å². The third kappa shape index (κ3) is 4.68. The Kier molecular flexibility index (Phi) is 6.05. The van der Waals surface area contributed by atoms with Crippen molar-refractivity contribution in [2.45, 2.75) is 40.0 Å². The molecule has 21 heavy (non-hydrogen) atoms. The molecule has 1 aromatic heterocycles. The molecule has 0 radical (unpaired) electrons. The zero-order valence-corrected chi connectivity index (χ0v) is 14.3. The summed E-state index contributed by atoms with van der Waals surface area (Å²) < 4.78 is 7.65. The van der Waals surface area contributed by atoms with Gasteiger partial charge in [0.05, 0.1) is 18.4 Å². The quantitative estimate of drug-likeness (QED) is 0.871. The second kappa shape index (κ2) is 7.58. The van der Waals surface area contributed by atoms with Crippen LogP contribution in [0.2, 0.25) is 5.15 Å². The Morgan fingerprint density at radius 2 is 2.24 bits per heavy atom. The Bertz CT molecular complexity index is 461. The van der Waals surface area contributed by atoms with Crippen LogP contribution < -0.4 is 5.32 Å². The fourth-order valence-electron chi connectivity index (χ4n) is 2.61. The summed E-state index contributed by atoms with van der Waals surface area (Å²) in [4.78, 5) is 2.30. The van der Waals surface area contributed by atoms with Crippen LogP contribution in [0.25, 0.3) is 0 Å².